The number of hydrogen-bond acceptors (Lipinski definition) is 5. The quantitative estimate of drug-likeness (QED) is 0.433. The zero-order valence-corrected chi connectivity index (χ0v) is 19.4. The fourth-order valence-corrected chi connectivity index (χ4v) is 4.71. The molecular formula is C24H40N4O3. The highest BCUT2D eigenvalue weighted by atomic mass is 16.5. The Morgan fingerprint density at radius 2 is 1.81 bits per heavy atom. The molecule has 1 aliphatic carbocycles. The van der Waals surface area contributed by atoms with Gasteiger partial charge in [-0.05, 0) is 50.3 Å². The predicted molar refractivity (Wildman–Crippen MR) is 125 cm³/mol. The van der Waals surface area contributed by atoms with Gasteiger partial charge in [0.1, 0.15) is 0 Å². The SMILES string of the molecule is CCNC(=NCC(O)c1ccc(OC)c(OC)c1)NC1CCN(C2CCCCC2)CC1. The highest BCUT2D eigenvalue weighted by Gasteiger charge is 2.26. The van der Waals surface area contributed by atoms with Crippen molar-refractivity contribution in [1.29, 1.82) is 0 Å². The van der Waals surface area contributed by atoms with Gasteiger partial charge in [-0.25, -0.2) is 0 Å². The largest absolute Gasteiger partial charge is 0.493 e. The van der Waals surface area contributed by atoms with Gasteiger partial charge in [-0.15, -0.1) is 0 Å². The second-order valence-electron chi connectivity index (χ2n) is 8.60. The molecule has 2 fully saturated rings. The van der Waals surface area contributed by atoms with Crippen molar-refractivity contribution in [2.24, 2.45) is 4.99 Å². The number of hydrogen-bond donors (Lipinski definition) is 3. The second kappa shape index (κ2) is 12.2. The summed E-state index contributed by atoms with van der Waals surface area (Å²) >= 11 is 0. The van der Waals surface area contributed by atoms with Crippen molar-refractivity contribution in [3.63, 3.8) is 0 Å². The molecule has 3 N–H and O–H groups in total. The average Bonchev–Trinajstić information content (AvgIpc) is 2.83. The third-order valence-electron chi connectivity index (χ3n) is 6.52. The van der Waals surface area contributed by atoms with Crippen LogP contribution in [0.4, 0.5) is 0 Å². The Balaban J connectivity index is 1.53. The second-order valence-corrected chi connectivity index (χ2v) is 8.60. The van der Waals surface area contributed by atoms with Gasteiger partial charge in [0.2, 0.25) is 0 Å². The Labute approximate surface area is 187 Å². The summed E-state index contributed by atoms with van der Waals surface area (Å²) in [6.45, 7) is 5.46. The van der Waals surface area contributed by atoms with Crippen LogP contribution in [-0.4, -0.2) is 68.4 Å². The molecule has 1 aliphatic heterocycles. The number of aliphatic hydroxyl groups is 1. The van der Waals surface area contributed by atoms with Crippen LogP contribution in [0.5, 0.6) is 11.5 Å². The van der Waals surface area contributed by atoms with Crippen molar-refractivity contribution in [3.8, 4) is 11.5 Å². The molecule has 7 heteroatoms. The number of methoxy groups -OCH3 is 2. The summed E-state index contributed by atoms with van der Waals surface area (Å²) in [5.41, 5.74) is 0.762. The summed E-state index contributed by atoms with van der Waals surface area (Å²) in [5, 5.41) is 17.5. The zero-order chi connectivity index (χ0) is 22.1. The van der Waals surface area contributed by atoms with Gasteiger partial charge in [-0.3, -0.25) is 4.99 Å². The van der Waals surface area contributed by atoms with Crippen molar-refractivity contribution in [2.45, 2.75) is 70.1 Å². The normalized spacial score (nSPS) is 20.3. The van der Waals surface area contributed by atoms with E-state index < -0.39 is 6.10 Å². The molecule has 7 nitrogen and oxygen atoms in total. The van der Waals surface area contributed by atoms with Crippen LogP contribution in [0, 0.1) is 0 Å². The van der Waals surface area contributed by atoms with Crippen LogP contribution in [0.25, 0.3) is 0 Å². The monoisotopic (exact) mass is 432 g/mol. The van der Waals surface area contributed by atoms with Crippen LogP contribution < -0.4 is 20.1 Å². The lowest BCUT2D eigenvalue weighted by Crippen LogP contribution is -2.51. The minimum Gasteiger partial charge on any atom is -0.493 e. The highest BCUT2D eigenvalue weighted by Crippen LogP contribution is 2.30. The van der Waals surface area contributed by atoms with Crippen molar-refractivity contribution in [2.75, 3.05) is 40.4 Å². The van der Waals surface area contributed by atoms with E-state index in [1.165, 1.54) is 32.1 Å². The first kappa shape index (κ1) is 23.7. The maximum atomic E-state index is 10.6. The Bertz CT molecular complexity index is 698. The summed E-state index contributed by atoms with van der Waals surface area (Å²) in [4.78, 5) is 7.35. The number of rotatable bonds is 8. The van der Waals surface area contributed by atoms with Crippen LogP contribution in [-0.2, 0) is 0 Å². The average molecular weight is 433 g/mol. The van der Waals surface area contributed by atoms with Gasteiger partial charge in [-0.2, -0.15) is 0 Å². The van der Waals surface area contributed by atoms with E-state index in [1.54, 1.807) is 20.3 Å². The van der Waals surface area contributed by atoms with E-state index in [1.807, 2.05) is 12.1 Å². The third kappa shape index (κ3) is 6.74. The minimum absolute atomic E-state index is 0.283. The van der Waals surface area contributed by atoms with Crippen LogP contribution in [0.1, 0.15) is 63.5 Å². The smallest absolute Gasteiger partial charge is 0.191 e. The maximum absolute atomic E-state index is 10.6. The number of guanidine groups is 1. The molecule has 1 saturated carbocycles. The van der Waals surface area contributed by atoms with Crippen molar-refractivity contribution in [3.05, 3.63) is 23.8 Å². The molecule has 2 aliphatic rings. The first-order chi connectivity index (χ1) is 15.1. The number of nitrogens with one attached hydrogen (secondary N) is 2. The van der Waals surface area contributed by atoms with Gasteiger partial charge in [-0.1, -0.05) is 25.3 Å². The number of aliphatic hydroxyl groups excluding tert-OH is 1. The topological polar surface area (TPSA) is 78.4 Å². The van der Waals surface area contributed by atoms with E-state index in [9.17, 15) is 5.11 Å². The molecule has 1 aromatic carbocycles. The lowest BCUT2D eigenvalue weighted by atomic mass is 9.92. The van der Waals surface area contributed by atoms with E-state index in [0.29, 0.717) is 17.5 Å². The molecule has 3 rings (SSSR count). The fourth-order valence-electron chi connectivity index (χ4n) is 4.71. The van der Waals surface area contributed by atoms with Gasteiger partial charge in [0.15, 0.2) is 17.5 Å². The van der Waals surface area contributed by atoms with Gasteiger partial charge in [0.25, 0.3) is 0 Å². The minimum atomic E-state index is -0.705. The van der Waals surface area contributed by atoms with Crippen LogP contribution in [0.2, 0.25) is 0 Å². The van der Waals surface area contributed by atoms with Crippen molar-refractivity contribution < 1.29 is 14.6 Å². The lowest BCUT2D eigenvalue weighted by molar-refractivity contribution is 0.119. The molecule has 174 valence electrons. The van der Waals surface area contributed by atoms with Crippen LogP contribution in [0.15, 0.2) is 23.2 Å². The van der Waals surface area contributed by atoms with Crippen molar-refractivity contribution in [1.82, 2.24) is 15.5 Å². The Hall–Kier alpha value is -1.99. The standard InChI is InChI=1S/C24H40N4O3/c1-4-25-24(26-17-21(29)18-10-11-22(30-2)23(16-18)31-3)27-19-12-14-28(15-13-19)20-8-6-5-7-9-20/h10-11,16,19-21,29H,4-9,12-15,17H2,1-3H3,(H2,25,26,27). The molecule has 1 atom stereocenters. The molecule has 0 aromatic heterocycles. The summed E-state index contributed by atoms with van der Waals surface area (Å²) in [6, 6.07) is 6.69. The first-order valence-corrected chi connectivity index (χ1v) is 11.8. The molecule has 0 amide bonds. The summed E-state index contributed by atoms with van der Waals surface area (Å²) in [5.74, 6) is 2.03. The molecule has 1 saturated heterocycles. The van der Waals surface area contributed by atoms with E-state index in [2.05, 4.69) is 27.4 Å². The predicted octanol–water partition coefficient (Wildman–Crippen LogP) is 3.09. The number of aliphatic imine (C=N–C) groups is 1. The van der Waals surface area contributed by atoms with Crippen LogP contribution >= 0.6 is 0 Å². The molecule has 1 unspecified atom stereocenters. The maximum Gasteiger partial charge on any atom is 0.191 e. The van der Waals surface area contributed by atoms with Crippen molar-refractivity contribution >= 4 is 5.96 Å². The van der Waals surface area contributed by atoms with E-state index in [0.717, 1.165) is 50.0 Å². The Kier molecular flexibility index (Phi) is 9.28. The highest BCUT2D eigenvalue weighted by molar-refractivity contribution is 5.80. The Morgan fingerprint density at radius 3 is 2.45 bits per heavy atom. The summed E-state index contributed by atoms with van der Waals surface area (Å²) in [6.07, 6.45) is 8.51. The number of benzene rings is 1. The first-order valence-electron chi connectivity index (χ1n) is 11.8. The van der Waals surface area contributed by atoms with E-state index in [4.69, 9.17) is 9.47 Å². The van der Waals surface area contributed by atoms with Crippen LogP contribution in [0.3, 0.4) is 0 Å². The van der Waals surface area contributed by atoms with Gasteiger partial charge in [0, 0.05) is 31.7 Å². The molecule has 0 spiro atoms. The molecule has 1 heterocycles. The van der Waals surface area contributed by atoms with E-state index >= 15 is 0 Å². The molecular weight excluding hydrogens is 392 g/mol. The van der Waals surface area contributed by atoms with E-state index in [-0.39, 0.29) is 6.54 Å². The number of likely N-dealkylation sites (tertiary alicyclic amines) is 1. The Morgan fingerprint density at radius 1 is 1.10 bits per heavy atom. The number of piperidine rings is 1. The van der Waals surface area contributed by atoms with Gasteiger partial charge in [0.05, 0.1) is 26.9 Å². The lowest BCUT2D eigenvalue weighted by Gasteiger charge is -2.39. The number of nitrogens with zero attached hydrogens (tertiary/aromatic N) is 2. The summed E-state index contributed by atoms with van der Waals surface area (Å²) < 4.78 is 10.6. The molecule has 1 aromatic rings. The molecule has 31 heavy (non-hydrogen) atoms. The third-order valence-corrected chi connectivity index (χ3v) is 6.52. The molecule has 0 radical (unpaired) electrons. The molecule has 0 bridgehead atoms. The van der Waals surface area contributed by atoms with Gasteiger partial charge >= 0.3 is 0 Å². The summed E-state index contributed by atoms with van der Waals surface area (Å²) in [7, 11) is 3.20. The fraction of sp³-hybridized carbons (Fsp3) is 0.708. The zero-order valence-electron chi connectivity index (χ0n) is 19.4. The van der Waals surface area contributed by atoms with Gasteiger partial charge < -0.3 is 30.1 Å². The number of ether oxygens (including phenoxy) is 2.